The van der Waals surface area contributed by atoms with E-state index in [0.717, 1.165) is 21.9 Å². The molecule has 0 radical (unpaired) electrons. The van der Waals surface area contributed by atoms with Gasteiger partial charge in [-0.3, -0.25) is 4.90 Å². The molecular weight excluding hydrogens is 491 g/mol. The van der Waals surface area contributed by atoms with Crippen molar-refractivity contribution in [2.75, 3.05) is 4.90 Å². The van der Waals surface area contributed by atoms with Crippen molar-refractivity contribution in [2.24, 2.45) is 10.1 Å². The van der Waals surface area contributed by atoms with Crippen LogP contribution >= 0.6 is 58.8 Å². The molecule has 2 heterocycles. The molecule has 154 valence electrons. The Labute approximate surface area is 204 Å². The van der Waals surface area contributed by atoms with Gasteiger partial charge in [0.2, 0.25) is 5.11 Å². The molecule has 0 aromatic heterocycles. The number of anilines is 1. The van der Waals surface area contributed by atoms with Crippen LogP contribution in [0.2, 0.25) is 15.1 Å². The number of fused-ring (bicyclic) bond motifs is 1. The van der Waals surface area contributed by atoms with Gasteiger partial charge in [0.15, 0.2) is 11.3 Å². The zero-order valence-electron chi connectivity index (χ0n) is 15.7. The molecule has 0 N–H and O–H groups in total. The highest BCUT2D eigenvalue weighted by Crippen LogP contribution is 2.41. The second kappa shape index (κ2) is 8.45. The number of nitrogens with zero attached hydrogens (tertiary/aromatic N) is 4. The largest absolute Gasteiger partial charge is 0.290 e. The summed E-state index contributed by atoms with van der Waals surface area (Å²) in [6.07, 6.45) is -0.459. The van der Waals surface area contributed by atoms with Crippen LogP contribution in [0.3, 0.4) is 0 Å². The number of amidine groups is 1. The van der Waals surface area contributed by atoms with Gasteiger partial charge in [0.25, 0.3) is 0 Å². The zero-order valence-corrected chi connectivity index (χ0v) is 19.6. The van der Waals surface area contributed by atoms with Gasteiger partial charge in [-0.05, 0) is 54.3 Å². The van der Waals surface area contributed by atoms with E-state index in [0.29, 0.717) is 25.3 Å². The van der Waals surface area contributed by atoms with E-state index in [1.165, 1.54) is 11.8 Å². The Morgan fingerprint density at radius 2 is 1.61 bits per heavy atom. The van der Waals surface area contributed by atoms with Gasteiger partial charge in [0.05, 0.1) is 5.02 Å². The molecule has 0 bridgehead atoms. The molecule has 2 aliphatic rings. The molecule has 3 aromatic rings. The quantitative estimate of drug-likeness (QED) is 0.353. The molecule has 5 rings (SSSR count). The third-order valence-corrected chi connectivity index (χ3v) is 7.02. The summed E-state index contributed by atoms with van der Waals surface area (Å²) in [6, 6.07) is 22.8. The van der Waals surface area contributed by atoms with Gasteiger partial charge < -0.3 is 0 Å². The van der Waals surface area contributed by atoms with E-state index in [1.807, 2.05) is 65.6 Å². The third kappa shape index (κ3) is 3.83. The van der Waals surface area contributed by atoms with Gasteiger partial charge in [-0.1, -0.05) is 77.3 Å². The molecule has 0 fully saturated rings. The number of hydrogen-bond donors (Lipinski definition) is 0. The number of benzene rings is 3. The van der Waals surface area contributed by atoms with Crippen molar-refractivity contribution in [2.45, 2.75) is 6.17 Å². The molecule has 3 aromatic carbocycles. The molecule has 0 saturated carbocycles. The predicted octanol–water partition coefficient (Wildman–Crippen LogP) is 7.22. The van der Waals surface area contributed by atoms with Crippen LogP contribution in [0.25, 0.3) is 0 Å². The lowest BCUT2D eigenvalue weighted by atomic mass is 10.1. The number of para-hydroxylation sites is 1. The number of thiocarbonyl (C=S) groups is 1. The summed E-state index contributed by atoms with van der Waals surface area (Å²) in [5, 5.41) is 10.0. The first-order valence-electron chi connectivity index (χ1n) is 9.25. The molecule has 0 spiro atoms. The van der Waals surface area contributed by atoms with E-state index in [2.05, 4.69) is 0 Å². The van der Waals surface area contributed by atoms with Crippen molar-refractivity contribution in [3.63, 3.8) is 0 Å². The molecule has 9 heteroatoms. The summed E-state index contributed by atoms with van der Waals surface area (Å²) < 4.78 is 0. The monoisotopic (exact) mass is 502 g/mol. The number of halogens is 3. The first kappa shape index (κ1) is 20.8. The highest BCUT2D eigenvalue weighted by molar-refractivity contribution is 8.27. The number of hydrazone groups is 1. The van der Waals surface area contributed by atoms with Crippen LogP contribution < -0.4 is 4.90 Å². The first-order valence-corrected chi connectivity index (χ1v) is 11.6. The maximum atomic E-state index is 6.56. The van der Waals surface area contributed by atoms with Crippen LogP contribution in [-0.4, -0.2) is 20.3 Å². The van der Waals surface area contributed by atoms with Gasteiger partial charge in [0, 0.05) is 26.9 Å². The molecule has 0 amide bonds. The van der Waals surface area contributed by atoms with Crippen molar-refractivity contribution in [1.82, 2.24) is 5.01 Å². The van der Waals surface area contributed by atoms with Crippen molar-refractivity contribution in [3.05, 3.63) is 99.0 Å². The molecule has 31 heavy (non-hydrogen) atoms. The Hall–Kier alpha value is -2.09. The number of hydrogen-bond acceptors (Lipinski definition) is 4. The van der Waals surface area contributed by atoms with Crippen LogP contribution in [0.4, 0.5) is 5.69 Å². The van der Waals surface area contributed by atoms with Crippen LogP contribution in [0, 0.1) is 0 Å². The van der Waals surface area contributed by atoms with Crippen molar-refractivity contribution >= 4 is 79.8 Å². The van der Waals surface area contributed by atoms with E-state index >= 15 is 0 Å². The highest BCUT2D eigenvalue weighted by Gasteiger charge is 2.40. The Bertz CT molecular complexity index is 1250. The summed E-state index contributed by atoms with van der Waals surface area (Å²) in [5.41, 5.74) is 2.52. The second-order valence-corrected chi connectivity index (χ2v) is 9.31. The highest BCUT2D eigenvalue weighted by atomic mass is 35.5. The smallest absolute Gasteiger partial charge is 0.205 e. The molecule has 0 aliphatic carbocycles. The Morgan fingerprint density at radius 1 is 0.871 bits per heavy atom. The molecule has 1 atom stereocenters. The predicted molar refractivity (Wildman–Crippen MR) is 136 cm³/mol. The minimum Gasteiger partial charge on any atom is -0.290 e. The Balaban J connectivity index is 1.63. The van der Waals surface area contributed by atoms with Crippen molar-refractivity contribution in [3.8, 4) is 0 Å². The van der Waals surface area contributed by atoms with Gasteiger partial charge in [-0.15, -0.1) is 0 Å². The minimum atomic E-state index is -0.459. The first-order chi connectivity index (χ1) is 15.0. The van der Waals surface area contributed by atoms with E-state index in [4.69, 9.17) is 57.1 Å². The molecule has 0 saturated heterocycles. The van der Waals surface area contributed by atoms with Gasteiger partial charge in [-0.2, -0.15) is 10.1 Å². The van der Waals surface area contributed by atoms with E-state index in [1.54, 1.807) is 17.1 Å². The van der Waals surface area contributed by atoms with Crippen LogP contribution in [-0.2, 0) is 0 Å². The average Bonchev–Trinajstić information content (AvgIpc) is 3.19. The fourth-order valence-electron chi connectivity index (χ4n) is 3.36. The lowest BCUT2D eigenvalue weighted by Gasteiger charge is -2.38. The van der Waals surface area contributed by atoms with Crippen molar-refractivity contribution in [1.29, 1.82) is 0 Å². The fourth-order valence-corrected chi connectivity index (χ4v) is 5.49. The van der Waals surface area contributed by atoms with Crippen LogP contribution in [0.5, 0.6) is 0 Å². The molecule has 2 aliphatic heterocycles. The average molecular weight is 504 g/mol. The SMILES string of the molecule is S=C1N2N=C(c3ccccc3Cl)SC2=N[C@H](c2ccc(Cl)cc2Cl)N1c1ccccc1. The second-order valence-electron chi connectivity index (χ2n) is 6.74. The maximum absolute atomic E-state index is 6.56. The number of thioether (sulfide) groups is 1. The Kier molecular flexibility index (Phi) is 5.67. The van der Waals surface area contributed by atoms with Gasteiger partial charge >= 0.3 is 0 Å². The molecule has 0 unspecified atom stereocenters. The van der Waals surface area contributed by atoms with Crippen molar-refractivity contribution < 1.29 is 0 Å². The standard InChI is InChI=1S/C22H13Cl3N4S2/c23-13-10-11-15(18(25)12-13)19-26-21-29(22(30)28(19)14-6-2-1-3-7-14)27-20(31-21)16-8-4-5-9-17(16)24/h1-12,19H/t19-/m0/s1. The topological polar surface area (TPSA) is 31.2 Å². The summed E-state index contributed by atoms with van der Waals surface area (Å²) >= 11 is 26.4. The summed E-state index contributed by atoms with van der Waals surface area (Å²) in [4.78, 5) is 6.92. The number of aliphatic imine (C=N–C) groups is 1. The van der Waals surface area contributed by atoms with E-state index < -0.39 is 6.17 Å². The summed E-state index contributed by atoms with van der Waals surface area (Å²) in [7, 11) is 0. The lowest BCUT2D eigenvalue weighted by Crippen LogP contribution is -2.47. The molecular formula is C22H13Cl3N4S2. The third-order valence-electron chi connectivity index (χ3n) is 4.80. The zero-order chi connectivity index (χ0) is 21.5. The van der Waals surface area contributed by atoms with Gasteiger partial charge in [-0.25, -0.2) is 4.99 Å². The molecule has 4 nitrogen and oxygen atoms in total. The minimum absolute atomic E-state index is 0.459. The normalized spacial score (nSPS) is 18.0. The van der Waals surface area contributed by atoms with Crippen LogP contribution in [0.15, 0.2) is 82.9 Å². The maximum Gasteiger partial charge on any atom is 0.205 e. The van der Waals surface area contributed by atoms with E-state index in [-0.39, 0.29) is 0 Å². The summed E-state index contributed by atoms with van der Waals surface area (Å²) in [6.45, 7) is 0. The Morgan fingerprint density at radius 3 is 2.35 bits per heavy atom. The fraction of sp³-hybridized carbons (Fsp3) is 0.0455. The summed E-state index contributed by atoms with van der Waals surface area (Å²) in [5.74, 6) is 0. The lowest BCUT2D eigenvalue weighted by molar-refractivity contribution is 0.598. The van der Waals surface area contributed by atoms with E-state index in [9.17, 15) is 0 Å². The van der Waals surface area contributed by atoms with Crippen LogP contribution in [0.1, 0.15) is 17.3 Å². The number of rotatable bonds is 3. The van der Waals surface area contributed by atoms with Gasteiger partial charge in [0.1, 0.15) is 5.04 Å².